The molecule has 5 heteroatoms. The van der Waals surface area contributed by atoms with Crippen molar-refractivity contribution >= 4 is 5.91 Å². The first kappa shape index (κ1) is 14.8. The number of aliphatic hydroxyl groups is 1. The Morgan fingerprint density at radius 2 is 2.20 bits per heavy atom. The summed E-state index contributed by atoms with van der Waals surface area (Å²) in [6, 6.07) is 1.50. The van der Waals surface area contributed by atoms with Gasteiger partial charge in [-0.2, -0.15) is 0 Å². The van der Waals surface area contributed by atoms with Gasteiger partial charge in [0.05, 0.1) is 6.10 Å². The molecule has 1 aliphatic carbocycles. The van der Waals surface area contributed by atoms with Crippen molar-refractivity contribution in [1.29, 1.82) is 0 Å². The number of hydrogen-bond donors (Lipinski definition) is 2. The van der Waals surface area contributed by atoms with E-state index in [4.69, 9.17) is 0 Å². The van der Waals surface area contributed by atoms with Crippen molar-refractivity contribution in [3.8, 4) is 0 Å². The standard InChI is InChI=1S/C15H22N2O3/c1-4-13(10-6-11(18)7-10)16-15(20)12-8-17(3)9(2)5-14(12)19/h5,8,10-11,13,18H,4,6-7H2,1-3H3,(H,16,20)/t10?,11?,13-/m1/s1. The Labute approximate surface area is 118 Å². The molecule has 1 aromatic rings. The molecule has 20 heavy (non-hydrogen) atoms. The van der Waals surface area contributed by atoms with Crippen LogP contribution >= 0.6 is 0 Å². The first-order chi connectivity index (χ1) is 9.42. The van der Waals surface area contributed by atoms with Crippen LogP contribution in [0.15, 0.2) is 17.1 Å². The molecule has 0 spiro atoms. The maximum absolute atomic E-state index is 12.2. The molecule has 0 radical (unpaired) electrons. The number of nitrogens with one attached hydrogen (secondary N) is 1. The largest absolute Gasteiger partial charge is 0.393 e. The smallest absolute Gasteiger partial charge is 0.256 e. The average Bonchev–Trinajstić information content (AvgIpc) is 2.36. The predicted octanol–water partition coefficient (Wildman–Crippen LogP) is 0.973. The van der Waals surface area contributed by atoms with E-state index in [-0.39, 0.29) is 29.0 Å². The summed E-state index contributed by atoms with van der Waals surface area (Å²) in [6.45, 7) is 3.83. The van der Waals surface area contributed by atoms with Gasteiger partial charge in [-0.05, 0) is 32.1 Å². The Kier molecular flexibility index (Phi) is 4.28. The second-order valence-electron chi connectivity index (χ2n) is 5.68. The lowest BCUT2D eigenvalue weighted by molar-refractivity contribution is 0.0232. The first-order valence-corrected chi connectivity index (χ1v) is 7.08. The zero-order valence-corrected chi connectivity index (χ0v) is 12.2. The lowest BCUT2D eigenvalue weighted by Gasteiger charge is -2.37. The van der Waals surface area contributed by atoms with Gasteiger partial charge < -0.3 is 15.0 Å². The molecule has 0 aromatic carbocycles. The molecule has 1 saturated carbocycles. The fourth-order valence-electron chi connectivity index (χ4n) is 2.66. The van der Waals surface area contributed by atoms with E-state index in [1.807, 2.05) is 20.9 Å². The quantitative estimate of drug-likeness (QED) is 0.862. The normalized spacial score (nSPS) is 23.0. The van der Waals surface area contributed by atoms with Gasteiger partial charge in [-0.25, -0.2) is 0 Å². The minimum atomic E-state index is -0.321. The summed E-state index contributed by atoms with van der Waals surface area (Å²) in [7, 11) is 1.81. The molecule has 5 nitrogen and oxygen atoms in total. The molecule has 1 aliphatic rings. The third-order valence-electron chi connectivity index (χ3n) is 4.20. The maximum Gasteiger partial charge on any atom is 0.256 e. The van der Waals surface area contributed by atoms with Crippen LogP contribution in [0.25, 0.3) is 0 Å². The van der Waals surface area contributed by atoms with Crippen molar-refractivity contribution in [1.82, 2.24) is 9.88 Å². The molecule has 0 unspecified atom stereocenters. The van der Waals surface area contributed by atoms with Gasteiger partial charge in [0, 0.05) is 31.0 Å². The number of hydrogen-bond acceptors (Lipinski definition) is 3. The van der Waals surface area contributed by atoms with Crippen LogP contribution in [0.4, 0.5) is 0 Å². The highest BCUT2D eigenvalue weighted by atomic mass is 16.3. The van der Waals surface area contributed by atoms with Gasteiger partial charge in [0.15, 0.2) is 5.43 Å². The van der Waals surface area contributed by atoms with Crippen molar-refractivity contribution in [2.75, 3.05) is 0 Å². The SMILES string of the molecule is CC[C@@H](NC(=O)c1cn(C)c(C)cc1=O)C1CC(O)C1. The highest BCUT2D eigenvalue weighted by Gasteiger charge is 2.34. The van der Waals surface area contributed by atoms with Crippen LogP contribution in [-0.2, 0) is 7.05 Å². The van der Waals surface area contributed by atoms with E-state index >= 15 is 0 Å². The fraction of sp³-hybridized carbons (Fsp3) is 0.600. The molecule has 1 heterocycles. The number of pyridine rings is 1. The van der Waals surface area contributed by atoms with E-state index in [9.17, 15) is 14.7 Å². The van der Waals surface area contributed by atoms with E-state index in [0.717, 1.165) is 25.0 Å². The molecule has 1 aromatic heterocycles. The summed E-state index contributed by atoms with van der Waals surface area (Å²) in [5.41, 5.74) is 0.749. The molecule has 110 valence electrons. The molecule has 1 atom stereocenters. The van der Waals surface area contributed by atoms with Gasteiger partial charge in [0.25, 0.3) is 5.91 Å². The Balaban J connectivity index is 2.11. The van der Waals surface area contributed by atoms with Crippen LogP contribution in [-0.4, -0.2) is 27.7 Å². The summed E-state index contributed by atoms with van der Waals surface area (Å²) in [5.74, 6) is -0.00732. The minimum Gasteiger partial charge on any atom is -0.393 e. The van der Waals surface area contributed by atoms with Crippen LogP contribution in [0, 0.1) is 12.8 Å². The number of amides is 1. The predicted molar refractivity (Wildman–Crippen MR) is 76.7 cm³/mol. The van der Waals surface area contributed by atoms with Gasteiger partial charge in [0.2, 0.25) is 0 Å². The molecule has 0 saturated heterocycles. The summed E-state index contributed by atoms with van der Waals surface area (Å²) in [4.78, 5) is 24.1. The average molecular weight is 278 g/mol. The van der Waals surface area contributed by atoms with Gasteiger partial charge in [-0.1, -0.05) is 6.92 Å². The van der Waals surface area contributed by atoms with Gasteiger partial charge in [-0.3, -0.25) is 9.59 Å². The summed E-state index contributed by atoms with van der Waals surface area (Å²) < 4.78 is 1.77. The summed E-state index contributed by atoms with van der Waals surface area (Å²) >= 11 is 0. The zero-order valence-electron chi connectivity index (χ0n) is 12.2. The molecule has 0 bridgehead atoms. The number of carbonyl (C=O) groups excluding carboxylic acids is 1. The van der Waals surface area contributed by atoms with Crippen LogP contribution in [0.5, 0.6) is 0 Å². The van der Waals surface area contributed by atoms with Crippen molar-refractivity contribution in [2.45, 2.75) is 45.3 Å². The zero-order chi connectivity index (χ0) is 14.9. The lowest BCUT2D eigenvalue weighted by atomic mass is 9.76. The van der Waals surface area contributed by atoms with Crippen LogP contribution in [0.2, 0.25) is 0 Å². The molecule has 0 aliphatic heterocycles. The molecule has 1 fully saturated rings. The second-order valence-corrected chi connectivity index (χ2v) is 5.68. The number of nitrogens with zero attached hydrogens (tertiary/aromatic N) is 1. The summed E-state index contributed by atoms with van der Waals surface area (Å²) in [6.07, 6.45) is 3.60. The molecular formula is C15H22N2O3. The van der Waals surface area contributed by atoms with Crippen molar-refractivity contribution in [2.24, 2.45) is 13.0 Å². The number of aromatic nitrogens is 1. The van der Waals surface area contributed by atoms with E-state index in [1.54, 1.807) is 10.8 Å². The minimum absolute atomic E-state index is 0.0249. The summed E-state index contributed by atoms with van der Waals surface area (Å²) in [5, 5.41) is 12.3. The highest BCUT2D eigenvalue weighted by Crippen LogP contribution is 2.31. The Morgan fingerprint density at radius 1 is 1.55 bits per heavy atom. The molecule has 2 rings (SSSR count). The monoisotopic (exact) mass is 278 g/mol. The van der Waals surface area contributed by atoms with Crippen LogP contribution in [0.1, 0.15) is 42.2 Å². The highest BCUT2D eigenvalue weighted by molar-refractivity contribution is 5.94. The fourth-order valence-corrected chi connectivity index (χ4v) is 2.66. The third kappa shape index (κ3) is 2.93. The van der Waals surface area contributed by atoms with Crippen LogP contribution < -0.4 is 10.7 Å². The van der Waals surface area contributed by atoms with E-state index in [0.29, 0.717) is 5.92 Å². The first-order valence-electron chi connectivity index (χ1n) is 7.08. The number of aryl methyl sites for hydroxylation is 2. The van der Waals surface area contributed by atoms with Gasteiger partial charge in [0.1, 0.15) is 5.56 Å². The van der Waals surface area contributed by atoms with Gasteiger partial charge in [-0.15, -0.1) is 0 Å². The number of carbonyl (C=O) groups is 1. The second kappa shape index (κ2) is 5.79. The molecule has 1 amide bonds. The number of aliphatic hydroxyl groups excluding tert-OH is 1. The maximum atomic E-state index is 12.2. The number of rotatable bonds is 4. The van der Waals surface area contributed by atoms with Crippen molar-refractivity contribution in [3.63, 3.8) is 0 Å². The Hall–Kier alpha value is -1.62. The molecular weight excluding hydrogens is 256 g/mol. The third-order valence-corrected chi connectivity index (χ3v) is 4.20. The van der Waals surface area contributed by atoms with E-state index in [2.05, 4.69) is 5.32 Å². The van der Waals surface area contributed by atoms with Crippen molar-refractivity contribution in [3.05, 3.63) is 33.7 Å². The topological polar surface area (TPSA) is 71.3 Å². The van der Waals surface area contributed by atoms with E-state index in [1.165, 1.54) is 6.07 Å². The van der Waals surface area contributed by atoms with E-state index < -0.39 is 0 Å². The Morgan fingerprint density at radius 3 is 2.75 bits per heavy atom. The van der Waals surface area contributed by atoms with Crippen LogP contribution in [0.3, 0.4) is 0 Å². The van der Waals surface area contributed by atoms with Gasteiger partial charge >= 0.3 is 0 Å². The Bertz CT molecular complexity index is 559. The molecule has 2 N–H and O–H groups in total. The van der Waals surface area contributed by atoms with Crippen molar-refractivity contribution < 1.29 is 9.90 Å². The lowest BCUT2D eigenvalue weighted by Crippen LogP contribution is -2.47.